The van der Waals surface area contributed by atoms with E-state index < -0.39 is 0 Å². The fourth-order valence-electron chi connectivity index (χ4n) is 1.62. The predicted molar refractivity (Wildman–Crippen MR) is 72.0 cm³/mol. The third-order valence-electron chi connectivity index (χ3n) is 2.72. The molecular weight excluding hydrogens is 218 g/mol. The van der Waals surface area contributed by atoms with E-state index >= 15 is 0 Å². The highest BCUT2D eigenvalue weighted by Gasteiger charge is 2.12. The molecule has 1 aromatic rings. The molecule has 0 aliphatic carbocycles. The van der Waals surface area contributed by atoms with Crippen molar-refractivity contribution in [3.05, 3.63) is 35.4 Å². The Bertz CT molecular complexity index is 317. The standard InChI is InChI=1S/C13H21NOS/c1-10-6-4-5-7-12(10)13(14-3)9-16-11(2)8-15/h4-7,11,13-15H,8-9H2,1-3H3. The molecule has 2 atom stereocenters. The quantitative estimate of drug-likeness (QED) is 0.799. The summed E-state index contributed by atoms with van der Waals surface area (Å²) in [6.07, 6.45) is 0. The van der Waals surface area contributed by atoms with Gasteiger partial charge in [0.2, 0.25) is 0 Å². The van der Waals surface area contributed by atoms with Gasteiger partial charge in [-0.2, -0.15) is 11.8 Å². The van der Waals surface area contributed by atoms with E-state index in [0.29, 0.717) is 11.3 Å². The summed E-state index contributed by atoms with van der Waals surface area (Å²) in [6, 6.07) is 8.81. The Morgan fingerprint density at radius 3 is 2.62 bits per heavy atom. The number of hydrogen-bond donors (Lipinski definition) is 2. The van der Waals surface area contributed by atoms with E-state index in [4.69, 9.17) is 5.11 Å². The van der Waals surface area contributed by atoms with Gasteiger partial charge in [0.1, 0.15) is 0 Å². The van der Waals surface area contributed by atoms with Crippen LogP contribution in [0.3, 0.4) is 0 Å². The molecule has 16 heavy (non-hydrogen) atoms. The van der Waals surface area contributed by atoms with E-state index in [2.05, 4.69) is 43.4 Å². The van der Waals surface area contributed by atoms with Crippen molar-refractivity contribution in [2.45, 2.75) is 25.1 Å². The molecule has 0 aromatic heterocycles. The van der Waals surface area contributed by atoms with Gasteiger partial charge in [-0.1, -0.05) is 31.2 Å². The zero-order valence-electron chi connectivity index (χ0n) is 10.2. The molecule has 0 radical (unpaired) electrons. The van der Waals surface area contributed by atoms with Crippen molar-refractivity contribution in [1.82, 2.24) is 5.32 Å². The summed E-state index contributed by atoms with van der Waals surface area (Å²) in [6.45, 7) is 4.43. The summed E-state index contributed by atoms with van der Waals surface area (Å²) in [7, 11) is 1.99. The van der Waals surface area contributed by atoms with Crippen molar-refractivity contribution >= 4 is 11.8 Å². The third kappa shape index (κ3) is 3.81. The number of aliphatic hydroxyl groups excluding tert-OH is 1. The number of nitrogens with one attached hydrogen (secondary N) is 1. The molecule has 0 saturated carbocycles. The maximum atomic E-state index is 9.00. The van der Waals surface area contributed by atoms with Crippen LogP contribution >= 0.6 is 11.8 Å². The van der Waals surface area contributed by atoms with Crippen LogP contribution in [-0.2, 0) is 0 Å². The first kappa shape index (κ1) is 13.6. The lowest BCUT2D eigenvalue weighted by molar-refractivity contribution is 0.300. The summed E-state index contributed by atoms with van der Waals surface area (Å²) in [4.78, 5) is 0. The van der Waals surface area contributed by atoms with E-state index in [1.54, 1.807) is 11.8 Å². The lowest BCUT2D eigenvalue weighted by Gasteiger charge is -2.20. The molecule has 0 aliphatic rings. The molecule has 0 saturated heterocycles. The third-order valence-corrected chi connectivity index (χ3v) is 3.96. The molecule has 2 unspecified atom stereocenters. The molecule has 90 valence electrons. The molecule has 2 N–H and O–H groups in total. The SMILES string of the molecule is CNC(CSC(C)CO)c1ccccc1C. The first-order valence-corrected chi connectivity index (χ1v) is 6.69. The van der Waals surface area contributed by atoms with Crippen molar-refractivity contribution in [2.75, 3.05) is 19.4 Å². The van der Waals surface area contributed by atoms with Crippen molar-refractivity contribution in [2.24, 2.45) is 0 Å². The molecule has 0 bridgehead atoms. The highest BCUT2D eigenvalue weighted by Crippen LogP contribution is 2.23. The van der Waals surface area contributed by atoms with Crippen LogP contribution in [0.25, 0.3) is 0 Å². The first-order valence-electron chi connectivity index (χ1n) is 5.64. The monoisotopic (exact) mass is 239 g/mol. The average Bonchev–Trinajstić information content (AvgIpc) is 2.31. The fourth-order valence-corrected chi connectivity index (χ4v) is 2.59. The Morgan fingerprint density at radius 1 is 1.38 bits per heavy atom. The van der Waals surface area contributed by atoms with Gasteiger partial charge in [-0.15, -0.1) is 0 Å². The van der Waals surface area contributed by atoms with Crippen molar-refractivity contribution < 1.29 is 5.11 Å². The van der Waals surface area contributed by atoms with Gasteiger partial charge in [0.15, 0.2) is 0 Å². The van der Waals surface area contributed by atoms with Crippen molar-refractivity contribution in [3.63, 3.8) is 0 Å². The lowest BCUT2D eigenvalue weighted by Crippen LogP contribution is -2.21. The summed E-state index contributed by atoms with van der Waals surface area (Å²) in [5.74, 6) is 0.989. The Kier molecular flexibility index (Phi) is 5.88. The molecular formula is C13H21NOS. The Morgan fingerprint density at radius 2 is 2.06 bits per heavy atom. The summed E-state index contributed by atoms with van der Waals surface area (Å²) < 4.78 is 0. The minimum absolute atomic E-state index is 0.245. The van der Waals surface area contributed by atoms with Crippen LogP contribution in [0.15, 0.2) is 24.3 Å². The molecule has 0 amide bonds. The van der Waals surface area contributed by atoms with Crippen LogP contribution in [0.2, 0.25) is 0 Å². The lowest BCUT2D eigenvalue weighted by atomic mass is 10.0. The highest BCUT2D eigenvalue weighted by molar-refractivity contribution is 7.99. The number of benzene rings is 1. The van der Waals surface area contributed by atoms with Gasteiger partial charge in [-0.3, -0.25) is 0 Å². The molecule has 0 fully saturated rings. The van der Waals surface area contributed by atoms with Crippen LogP contribution in [0.5, 0.6) is 0 Å². The highest BCUT2D eigenvalue weighted by atomic mass is 32.2. The normalized spacial score (nSPS) is 14.8. The average molecular weight is 239 g/mol. The Labute approximate surface area is 102 Å². The Hall–Kier alpha value is -0.510. The number of aryl methyl sites for hydroxylation is 1. The largest absolute Gasteiger partial charge is 0.395 e. The van der Waals surface area contributed by atoms with Gasteiger partial charge in [-0.25, -0.2) is 0 Å². The zero-order chi connectivity index (χ0) is 12.0. The minimum atomic E-state index is 0.245. The van der Waals surface area contributed by atoms with E-state index in [-0.39, 0.29) is 6.61 Å². The second-order valence-corrected chi connectivity index (χ2v) is 5.50. The molecule has 0 spiro atoms. The molecule has 2 nitrogen and oxygen atoms in total. The van der Waals surface area contributed by atoms with Gasteiger partial charge in [0.05, 0.1) is 6.61 Å². The maximum Gasteiger partial charge on any atom is 0.0547 e. The summed E-state index contributed by atoms with van der Waals surface area (Å²) in [5, 5.41) is 12.6. The van der Waals surface area contributed by atoms with Crippen LogP contribution in [0.1, 0.15) is 24.1 Å². The molecule has 3 heteroatoms. The van der Waals surface area contributed by atoms with Crippen LogP contribution in [0, 0.1) is 6.92 Å². The van der Waals surface area contributed by atoms with Crippen LogP contribution in [0.4, 0.5) is 0 Å². The number of aliphatic hydroxyl groups is 1. The van der Waals surface area contributed by atoms with Crippen molar-refractivity contribution in [1.29, 1.82) is 0 Å². The second-order valence-electron chi connectivity index (χ2n) is 4.02. The minimum Gasteiger partial charge on any atom is -0.395 e. The number of thioether (sulfide) groups is 1. The molecule has 1 rings (SSSR count). The van der Waals surface area contributed by atoms with Crippen molar-refractivity contribution in [3.8, 4) is 0 Å². The predicted octanol–water partition coefficient (Wildman–Crippen LogP) is 2.37. The van der Waals surface area contributed by atoms with Gasteiger partial charge in [-0.05, 0) is 25.1 Å². The maximum absolute atomic E-state index is 9.00. The first-order chi connectivity index (χ1) is 7.69. The van der Waals surface area contributed by atoms with Gasteiger partial charge < -0.3 is 10.4 Å². The molecule has 1 aromatic carbocycles. The van der Waals surface area contributed by atoms with Crippen LogP contribution < -0.4 is 5.32 Å². The zero-order valence-corrected chi connectivity index (χ0v) is 11.1. The van der Waals surface area contributed by atoms with Gasteiger partial charge in [0.25, 0.3) is 0 Å². The number of hydrogen-bond acceptors (Lipinski definition) is 3. The fraction of sp³-hybridized carbons (Fsp3) is 0.538. The smallest absolute Gasteiger partial charge is 0.0547 e. The van der Waals surface area contributed by atoms with Gasteiger partial charge >= 0.3 is 0 Å². The number of rotatable bonds is 6. The van der Waals surface area contributed by atoms with E-state index in [9.17, 15) is 0 Å². The Balaban J connectivity index is 2.64. The second kappa shape index (κ2) is 6.94. The van der Waals surface area contributed by atoms with E-state index in [0.717, 1.165) is 5.75 Å². The van der Waals surface area contributed by atoms with E-state index in [1.165, 1.54) is 11.1 Å². The molecule has 0 heterocycles. The van der Waals surface area contributed by atoms with Gasteiger partial charge in [0, 0.05) is 17.0 Å². The summed E-state index contributed by atoms with van der Waals surface area (Å²) >= 11 is 1.80. The van der Waals surface area contributed by atoms with E-state index in [1.807, 2.05) is 7.05 Å². The molecule has 0 aliphatic heterocycles. The summed E-state index contributed by atoms with van der Waals surface area (Å²) in [5.41, 5.74) is 2.67. The van der Waals surface area contributed by atoms with Crippen LogP contribution in [-0.4, -0.2) is 29.8 Å². The topological polar surface area (TPSA) is 32.3 Å².